The van der Waals surface area contributed by atoms with E-state index < -0.39 is 0 Å². The van der Waals surface area contributed by atoms with Crippen molar-refractivity contribution in [1.82, 2.24) is 10.3 Å². The SMILES string of the molecule is CCCNC(Cc1cccc(OCC)n1)C1CC1. The first-order valence-electron chi connectivity index (χ1n) is 7.15. The number of hydrogen-bond donors (Lipinski definition) is 1. The monoisotopic (exact) mass is 248 g/mol. The number of hydrogen-bond acceptors (Lipinski definition) is 3. The van der Waals surface area contributed by atoms with Gasteiger partial charge in [0, 0.05) is 24.2 Å². The standard InChI is InChI=1S/C15H24N2O/c1-3-10-16-14(12-8-9-12)11-13-6-5-7-15(17-13)18-4-2/h5-7,12,14,16H,3-4,8-11H2,1-2H3. The van der Waals surface area contributed by atoms with Crippen molar-refractivity contribution in [3.63, 3.8) is 0 Å². The van der Waals surface area contributed by atoms with E-state index >= 15 is 0 Å². The second-order valence-electron chi connectivity index (χ2n) is 5.00. The Bertz CT molecular complexity index is 363. The molecule has 3 nitrogen and oxygen atoms in total. The number of aromatic nitrogens is 1. The van der Waals surface area contributed by atoms with Gasteiger partial charge in [-0.05, 0) is 44.7 Å². The van der Waals surface area contributed by atoms with E-state index in [2.05, 4.69) is 23.3 Å². The lowest BCUT2D eigenvalue weighted by Gasteiger charge is -2.17. The van der Waals surface area contributed by atoms with Crippen LogP contribution in [0.1, 0.15) is 38.8 Å². The third-order valence-corrected chi connectivity index (χ3v) is 3.35. The Labute approximate surface area is 110 Å². The van der Waals surface area contributed by atoms with Gasteiger partial charge in [-0.25, -0.2) is 4.98 Å². The number of nitrogens with zero attached hydrogens (tertiary/aromatic N) is 1. The molecule has 1 aliphatic carbocycles. The van der Waals surface area contributed by atoms with Crippen LogP contribution < -0.4 is 10.1 Å². The predicted molar refractivity (Wildman–Crippen MR) is 73.9 cm³/mol. The Balaban J connectivity index is 1.94. The zero-order valence-electron chi connectivity index (χ0n) is 11.5. The van der Waals surface area contributed by atoms with Crippen molar-refractivity contribution in [2.45, 2.75) is 45.6 Å². The van der Waals surface area contributed by atoms with E-state index in [1.165, 1.54) is 19.3 Å². The predicted octanol–water partition coefficient (Wildman–Crippen LogP) is 2.80. The minimum atomic E-state index is 0.592. The van der Waals surface area contributed by atoms with E-state index in [0.29, 0.717) is 12.6 Å². The van der Waals surface area contributed by atoms with Crippen LogP contribution in [0.3, 0.4) is 0 Å². The topological polar surface area (TPSA) is 34.1 Å². The van der Waals surface area contributed by atoms with Crippen LogP contribution in [0, 0.1) is 5.92 Å². The summed E-state index contributed by atoms with van der Waals surface area (Å²) in [5.74, 6) is 1.61. The van der Waals surface area contributed by atoms with Crippen molar-refractivity contribution in [3.8, 4) is 5.88 Å². The van der Waals surface area contributed by atoms with Gasteiger partial charge in [-0.1, -0.05) is 13.0 Å². The molecule has 1 atom stereocenters. The van der Waals surface area contributed by atoms with E-state index in [1.54, 1.807) is 0 Å². The van der Waals surface area contributed by atoms with Gasteiger partial charge in [0.05, 0.1) is 6.61 Å². The van der Waals surface area contributed by atoms with Crippen LogP contribution in [0.4, 0.5) is 0 Å². The highest BCUT2D eigenvalue weighted by Crippen LogP contribution is 2.34. The second-order valence-corrected chi connectivity index (χ2v) is 5.00. The van der Waals surface area contributed by atoms with Gasteiger partial charge in [-0.3, -0.25) is 0 Å². The lowest BCUT2D eigenvalue weighted by Crippen LogP contribution is -2.34. The summed E-state index contributed by atoms with van der Waals surface area (Å²) in [6, 6.07) is 6.66. The summed E-state index contributed by atoms with van der Waals surface area (Å²) in [5, 5.41) is 3.65. The van der Waals surface area contributed by atoms with Crippen LogP contribution in [0.25, 0.3) is 0 Å². The van der Waals surface area contributed by atoms with Gasteiger partial charge in [0.25, 0.3) is 0 Å². The molecular weight excluding hydrogens is 224 g/mol. The summed E-state index contributed by atoms with van der Waals surface area (Å²) in [7, 11) is 0. The van der Waals surface area contributed by atoms with Crippen LogP contribution in [0.5, 0.6) is 5.88 Å². The summed E-state index contributed by atoms with van der Waals surface area (Å²) in [6.45, 7) is 5.98. The lowest BCUT2D eigenvalue weighted by molar-refractivity contribution is 0.325. The molecule has 2 rings (SSSR count). The summed E-state index contributed by atoms with van der Waals surface area (Å²) >= 11 is 0. The first-order valence-corrected chi connectivity index (χ1v) is 7.15. The molecule has 1 fully saturated rings. The number of nitrogens with one attached hydrogen (secondary N) is 1. The highest BCUT2D eigenvalue weighted by atomic mass is 16.5. The first-order chi connectivity index (χ1) is 8.83. The minimum absolute atomic E-state index is 0.592. The number of ether oxygens (including phenoxy) is 1. The van der Waals surface area contributed by atoms with E-state index in [9.17, 15) is 0 Å². The molecule has 0 amide bonds. The normalized spacial score (nSPS) is 16.6. The maximum atomic E-state index is 5.45. The molecule has 1 aliphatic rings. The molecule has 1 unspecified atom stereocenters. The molecule has 0 saturated heterocycles. The molecule has 0 aromatic carbocycles. The smallest absolute Gasteiger partial charge is 0.213 e. The van der Waals surface area contributed by atoms with Crippen LogP contribution in [-0.4, -0.2) is 24.2 Å². The fourth-order valence-electron chi connectivity index (χ4n) is 2.26. The van der Waals surface area contributed by atoms with Gasteiger partial charge < -0.3 is 10.1 Å². The summed E-state index contributed by atoms with van der Waals surface area (Å²) < 4.78 is 5.45. The van der Waals surface area contributed by atoms with Crippen LogP contribution in [-0.2, 0) is 6.42 Å². The Morgan fingerprint density at radius 3 is 2.89 bits per heavy atom. The van der Waals surface area contributed by atoms with E-state index in [1.807, 2.05) is 19.1 Å². The van der Waals surface area contributed by atoms with Crippen LogP contribution in [0.15, 0.2) is 18.2 Å². The maximum Gasteiger partial charge on any atom is 0.213 e. The molecule has 0 aliphatic heterocycles. The molecule has 18 heavy (non-hydrogen) atoms. The zero-order chi connectivity index (χ0) is 12.8. The molecule has 3 heteroatoms. The van der Waals surface area contributed by atoms with Crippen molar-refractivity contribution in [2.75, 3.05) is 13.2 Å². The van der Waals surface area contributed by atoms with E-state index in [-0.39, 0.29) is 0 Å². The van der Waals surface area contributed by atoms with Crippen LogP contribution in [0.2, 0.25) is 0 Å². The Kier molecular flexibility index (Phi) is 5.00. The van der Waals surface area contributed by atoms with Gasteiger partial charge in [-0.2, -0.15) is 0 Å². The quantitative estimate of drug-likeness (QED) is 0.768. The maximum absolute atomic E-state index is 5.45. The Morgan fingerprint density at radius 1 is 1.39 bits per heavy atom. The molecule has 0 bridgehead atoms. The largest absolute Gasteiger partial charge is 0.478 e. The Hall–Kier alpha value is -1.09. The highest BCUT2D eigenvalue weighted by molar-refractivity contribution is 5.17. The molecule has 1 N–H and O–H groups in total. The van der Waals surface area contributed by atoms with Crippen molar-refractivity contribution < 1.29 is 4.74 Å². The lowest BCUT2D eigenvalue weighted by atomic mass is 10.1. The van der Waals surface area contributed by atoms with Gasteiger partial charge in [0.2, 0.25) is 5.88 Å². The third-order valence-electron chi connectivity index (χ3n) is 3.35. The fraction of sp³-hybridized carbons (Fsp3) is 0.667. The highest BCUT2D eigenvalue weighted by Gasteiger charge is 2.30. The summed E-state index contributed by atoms with van der Waals surface area (Å²) in [6.07, 6.45) is 4.94. The Morgan fingerprint density at radius 2 is 2.22 bits per heavy atom. The molecule has 1 aromatic heterocycles. The summed E-state index contributed by atoms with van der Waals surface area (Å²) in [4.78, 5) is 4.56. The minimum Gasteiger partial charge on any atom is -0.478 e. The van der Waals surface area contributed by atoms with Gasteiger partial charge >= 0.3 is 0 Å². The molecule has 1 heterocycles. The van der Waals surface area contributed by atoms with E-state index in [4.69, 9.17) is 4.74 Å². The van der Waals surface area contributed by atoms with Crippen LogP contribution >= 0.6 is 0 Å². The molecule has 1 aromatic rings. The third kappa shape index (κ3) is 3.98. The van der Waals surface area contributed by atoms with Crippen molar-refractivity contribution in [3.05, 3.63) is 23.9 Å². The van der Waals surface area contributed by atoms with Crippen molar-refractivity contribution >= 4 is 0 Å². The molecule has 0 radical (unpaired) electrons. The summed E-state index contributed by atoms with van der Waals surface area (Å²) in [5.41, 5.74) is 1.14. The average Bonchev–Trinajstić information content (AvgIpc) is 3.19. The zero-order valence-corrected chi connectivity index (χ0v) is 11.5. The molecule has 0 spiro atoms. The van der Waals surface area contributed by atoms with Gasteiger partial charge in [0.1, 0.15) is 0 Å². The van der Waals surface area contributed by atoms with Gasteiger partial charge in [0.15, 0.2) is 0 Å². The van der Waals surface area contributed by atoms with Gasteiger partial charge in [-0.15, -0.1) is 0 Å². The number of pyridine rings is 1. The van der Waals surface area contributed by atoms with E-state index in [0.717, 1.165) is 30.5 Å². The molecular formula is C15H24N2O. The molecule has 1 saturated carbocycles. The second kappa shape index (κ2) is 6.74. The average molecular weight is 248 g/mol. The number of rotatable bonds is 8. The molecule has 100 valence electrons. The van der Waals surface area contributed by atoms with Crippen molar-refractivity contribution in [2.24, 2.45) is 5.92 Å². The fourth-order valence-corrected chi connectivity index (χ4v) is 2.26. The van der Waals surface area contributed by atoms with Crippen molar-refractivity contribution in [1.29, 1.82) is 0 Å². The first kappa shape index (κ1) is 13.3.